The molecule has 34 heavy (non-hydrogen) atoms. The van der Waals surface area contributed by atoms with Crippen LogP contribution < -0.4 is 14.8 Å². The van der Waals surface area contributed by atoms with Gasteiger partial charge in [0.15, 0.2) is 11.5 Å². The number of methoxy groups -OCH3 is 1. The number of hydrogen-bond acceptors (Lipinski definition) is 5. The minimum Gasteiger partial charge on any atom is -0.493 e. The van der Waals surface area contributed by atoms with Crippen molar-refractivity contribution in [2.45, 2.75) is 57.4 Å². The van der Waals surface area contributed by atoms with E-state index in [1.54, 1.807) is 18.2 Å². The molecule has 1 amide bonds. The van der Waals surface area contributed by atoms with Crippen LogP contribution in [0.3, 0.4) is 0 Å². The molecule has 0 atom stereocenters. The highest BCUT2D eigenvalue weighted by atomic mass is 16.5. The fraction of sp³-hybridized carbons (Fsp3) is 0.481. The molecule has 7 heteroatoms. The standard InChI is InChI=1S/C27H35NO6/c1-3-19-9-13-27(14-10-19,26(31)32)28-25(30)22-7-8-23(33-2)24(18-22)34-16-12-21-6-4-5-20(17-21)11-15-29/h4-8,17-19,29H,3,9-16H2,1-2H3,(H,28,30)(H,31,32)/t19-,27-. The molecule has 7 nitrogen and oxygen atoms in total. The minimum absolute atomic E-state index is 0.106. The fourth-order valence-electron chi connectivity index (χ4n) is 4.54. The third-order valence-electron chi connectivity index (χ3n) is 6.76. The predicted molar refractivity (Wildman–Crippen MR) is 130 cm³/mol. The first-order valence-corrected chi connectivity index (χ1v) is 12.0. The lowest BCUT2D eigenvalue weighted by Crippen LogP contribution is -2.56. The van der Waals surface area contributed by atoms with Crippen LogP contribution in [-0.2, 0) is 17.6 Å². The van der Waals surface area contributed by atoms with Crippen molar-refractivity contribution in [3.63, 3.8) is 0 Å². The van der Waals surface area contributed by atoms with Crippen LogP contribution in [0.4, 0.5) is 0 Å². The van der Waals surface area contributed by atoms with E-state index in [0.717, 1.165) is 30.4 Å². The highest BCUT2D eigenvalue weighted by molar-refractivity contribution is 5.98. The van der Waals surface area contributed by atoms with Crippen LogP contribution in [-0.4, -0.2) is 48.0 Å². The first-order valence-electron chi connectivity index (χ1n) is 12.0. The first kappa shape index (κ1) is 25.6. The number of amides is 1. The molecule has 2 aromatic carbocycles. The summed E-state index contributed by atoms with van der Waals surface area (Å²) in [6, 6.07) is 12.9. The molecule has 3 N–H and O–H groups in total. The topological polar surface area (TPSA) is 105 Å². The molecule has 0 heterocycles. The number of hydrogen-bond donors (Lipinski definition) is 3. The maximum atomic E-state index is 13.0. The van der Waals surface area contributed by atoms with Gasteiger partial charge in [0.25, 0.3) is 5.91 Å². The van der Waals surface area contributed by atoms with E-state index in [2.05, 4.69) is 12.2 Å². The maximum Gasteiger partial charge on any atom is 0.329 e. The number of carboxylic acids is 1. The van der Waals surface area contributed by atoms with Gasteiger partial charge in [-0.15, -0.1) is 0 Å². The average Bonchev–Trinajstić information content (AvgIpc) is 2.84. The van der Waals surface area contributed by atoms with E-state index in [1.807, 2.05) is 24.3 Å². The minimum atomic E-state index is -1.23. The van der Waals surface area contributed by atoms with E-state index in [0.29, 0.717) is 55.3 Å². The van der Waals surface area contributed by atoms with E-state index < -0.39 is 17.4 Å². The molecule has 1 fully saturated rings. The third kappa shape index (κ3) is 6.29. The van der Waals surface area contributed by atoms with Gasteiger partial charge in [0.05, 0.1) is 13.7 Å². The van der Waals surface area contributed by atoms with Gasteiger partial charge >= 0.3 is 5.97 Å². The second kappa shape index (κ2) is 11.9. The molecule has 184 valence electrons. The monoisotopic (exact) mass is 469 g/mol. The molecule has 0 radical (unpaired) electrons. The van der Waals surface area contributed by atoms with Crippen molar-refractivity contribution in [2.75, 3.05) is 20.3 Å². The van der Waals surface area contributed by atoms with Gasteiger partial charge in [-0.05, 0) is 67.3 Å². The number of carbonyl (C=O) groups excluding carboxylic acids is 1. The molecular formula is C27H35NO6. The lowest BCUT2D eigenvalue weighted by atomic mass is 9.75. The molecule has 0 aliphatic heterocycles. The van der Waals surface area contributed by atoms with Gasteiger partial charge in [-0.1, -0.05) is 37.6 Å². The van der Waals surface area contributed by atoms with E-state index in [4.69, 9.17) is 14.6 Å². The summed E-state index contributed by atoms with van der Waals surface area (Å²) in [5, 5.41) is 21.8. The quantitative estimate of drug-likeness (QED) is 0.459. The fourth-order valence-corrected chi connectivity index (χ4v) is 4.54. The van der Waals surface area contributed by atoms with Gasteiger partial charge in [-0.2, -0.15) is 0 Å². The zero-order chi connectivity index (χ0) is 24.6. The van der Waals surface area contributed by atoms with Crippen LogP contribution in [0.25, 0.3) is 0 Å². The largest absolute Gasteiger partial charge is 0.493 e. The van der Waals surface area contributed by atoms with Crippen molar-refractivity contribution >= 4 is 11.9 Å². The molecule has 1 saturated carbocycles. The SMILES string of the molecule is CC[C@H]1CC[C@@](NC(=O)c2ccc(OC)c(OCCc3cccc(CCO)c3)c2)(C(=O)O)CC1. The number of aliphatic hydroxyl groups excluding tert-OH is 1. The number of benzene rings is 2. The van der Waals surface area contributed by atoms with Gasteiger partial charge in [0.1, 0.15) is 5.54 Å². The van der Waals surface area contributed by atoms with E-state index in [1.165, 1.54) is 7.11 Å². The zero-order valence-corrected chi connectivity index (χ0v) is 20.0. The number of carbonyl (C=O) groups is 2. The summed E-state index contributed by atoms with van der Waals surface area (Å²) < 4.78 is 11.3. The number of aliphatic carboxylic acids is 1. The molecular weight excluding hydrogens is 434 g/mol. The van der Waals surface area contributed by atoms with Crippen LogP contribution >= 0.6 is 0 Å². The van der Waals surface area contributed by atoms with E-state index in [9.17, 15) is 14.7 Å². The molecule has 3 rings (SSSR count). The summed E-state index contributed by atoms with van der Waals surface area (Å²) in [6.07, 6.45) is 4.73. The Balaban J connectivity index is 1.68. The van der Waals surface area contributed by atoms with Crippen molar-refractivity contribution in [2.24, 2.45) is 5.92 Å². The molecule has 1 aliphatic carbocycles. The van der Waals surface area contributed by atoms with Crippen LogP contribution in [0.2, 0.25) is 0 Å². The Hall–Kier alpha value is -3.06. The average molecular weight is 470 g/mol. The molecule has 0 spiro atoms. The van der Waals surface area contributed by atoms with Crippen LogP contribution in [0.15, 0.2) is 42.5 Å². The van der Waals surface area contributed by atoms with Gasteiger partial charge in [0.2, 0.25) is 0 Å². The van der Waals surface area contributed by atoms with Gasteiger partial charge in [-0.25, -0.2) is 4.79 Å². The smallest absolute Gasteiger partial charge is 0.329 e. The third-order valence-corrected chi connectivity index (χ3v) is 6.76. The zero-order valence-electron chi connectivity index (χ0n) is 20.0. The highest BCUT2D eigenvalue weighted by Crippen LogP contribution is 2.35. The number of carboxylic acid groups (broad SMARTS) is 1. The Morgan fingerprint density at radius 2 is 1.76 bits per heavy atom. The second-order valence-corrected chi connectivity index (χ2v) is 8.95. The van der Waals surface area contributed by atoms with Gasteiger partial charge in [0, 0.05) is 18.6 Å². The van der Waals surface area contributed by atoms with Crippen molar-refractivity contribution in [3.05, 3.63) is 59.2 Å². The van der Waals surface area contributed by atoms with E-state index in [-0.39, 0.29) is 6.61 Å². The summed E-state index contributed by atoms with van der Waals surface area (Å²) in [5.74, 6) is 0.0304. The second-order valence-electron chi connectivity index (χ2n) is 8.95. The summed E-state index contributed by atoms with van der Waals surface area (Å²) in [5.41, 5.74) is 1.25. The van der Waals surface area contributed by atoms with Crippen molar-refractivity contribution in [1.82, 2.24) is 5.32 Å². The van der Waals surface area contributed by atoms with Crippen molar-refractivity contribution in [3.8, 4) is 11.5 Å². The summed E-state index contributed by atoms with van der Waals surface area (Å²) in [7, 11) is 1.53. The van der Waals surface area contributed by atoms with Crippen molar-refractivity contribution in [1.29, 1.82) is 0 Å². The van der Waals surface area contributed by atoms with Gasteiger partial charge in [-0.3, -0.25) is 4.79 Å². The maximum absolute atomic E-state index is 13.0. The lowest BCUT2D eigenvalue weighted by Gasteiger charge is -2.37. The summed E-state index contributed by atoms with van der Waals surface area (Å²) in [4.78, 5) is 25.1. The molecule has 0 bridgehead atoms. The number of ether oxygens (including phenoxy) is 2. The Morgan fingerprint density at radius 1 is 1.06 bits per heavy atom. The first-order chi connectivity index (χ1) is 16.4. The Kier molecular flexibility index (Phi) is 8.93. The molecule has 1 aliphatic rings. The Bertz CT molecular complexity index is 981. The molecule has 0 unspecified atom stereocenters. The lowest BCUT2D eigenvalue weighted by molar-refractivity contribution is -0.146. The number of aliphatic hydroxyl groups is 1. The van der Waals surface area contributed by atoms with Gasteiger partial charge < -0.3 is 25.0 Å². The Morgan fingerprint density at radius 3 is 2.38 bits per heavy atom. The highest BCUT2D eigenvalue weighted by Gasteiger charge is 2.43. The molecule has 0 saturated heterocycles. The van der Waals surface area contributed by atoms with Crippen molar-refractivity contribution < 1.29 is 29.3 Å². The summed E-state index contributed by atoms with van der Waals surface area (Å²) in [6.45, 7) is 2.59. The number of rotatable bonds is 11. The predicted octanol–water partition coefficient (Wildman–Crippen LogP) is 4.00. The van der Waals surface area contributed by atoms with Crippen LogP contribution in [0, 0.1) is 5.92 Å². The van der Waals surface area contributed by atoms with E-state index >= 15 is 0 Å². The molecule has 0 aromatic heterocycles. The summed E-state index contributed by atoms with van der Waals surface area (Å²) >= 11 is 0. The number of nitrogens with one attached hydrogen (secondary N) is 1. The Labute approximate surface area is 201 Å². The van der Waals surface area contributed by atoms with Crippen LogP contribution in [0.5, 0.6) is 11.5 Å². The normalized spacial score (nSPS) is 19.9. The van der Waals surface area contributed by atoms with Crippen LogP contribution in [0.1, 0.15) is 60.5 Å². The molecule has 2 aromatic rings.